The third-order valence-electron chi connectivity index (χ3n) is 3.94. The molecule has 2 aromatic carbocycles. The SMILES string of the molecule is Cc1cccc2oc(CCNC(=O)[C@@H](N)Cc3ccccc3)nc12.Cl. The Balaban J connectivity index is 0.00000225. The molecule has 1 amide bonds. The number of nitrogens with zero attached hydrogens (tertiary/aromatic N) is 1. The molecule has 0 aliphatic carbocycles. The summed E-state index contributed by atoms with van der Waals surface area (Å²) in [5.74, 6) is 0.461. The summed E-state index contributed by atoms with van der Waals surface area (Å²) in [6, 6.07) is 15.0. The fourth-order valence-electron chi connectivity index (χ4n) is 2.62. The molecule has 0 aliphatic rings. The van der Waals surface area contributed by atoms with Gasteiger partial charge in [-0.05, 0) is 30.5 Å². The van der Waals surface area contributed by atoms with Gasteiger partial charge >= 0.3 is 0 Å². The number of halogens is 1. The fraction of sp³-hybridized carbons (Fsp3) is 0.263. The van der Waals surface area contributed by atoms with Crippen molar-refractivity contribution in [2.24, 2.45) is 5.73 Å². The van der Waals surface area contributed by atoms with Crippen molar-refractivity contribution in [3.63, 3.8) is 0 Å². The summed E-state index contributed by atoms with van der Waals surface area (Å²) in [5, 5.41) is 2.85. The van der Waals surface area contributed by atoms with Gasteiger partial charge in [-0.15, -0.1) is 12.4 Å². The van der Waals surface area contributed by atoms with Crippen molar-refractivity contribution in [1.82, 2.24) is 10.3 Å². The molecule has 3 N–H and O–H groups in total. The van der Waals surface area contributed by atoms with Gasteiger partial charge in [0.2, 0.25) is 5.91 Å². The van der Waals surface area contributed by atoms with Crippen molar-refractivity contribution in [3.05, 3.63) is 65.5 Å². The van der Waals surface area contributed by atoms with E-state index in [4.69, 9.17) is 10.2 Å². The molecule has 3 aromatic rings. The Morgan fingerprint density at radius 3 is 2.68 bits per heavy atom. The van der Waals surface area contributed by atoms with Gasteiger partial charge in [-0.1, -0.05) is 42.5 Å². The van der Waals surface area contributed by atoms with Crippen LogP contribution in [0.2, 0.25) is 0 Å². The number of aryl methyl sites for hydroxylation is 1. The number of carbonyl (C=O) groups is 1. The molecule has 132 valence electrons. The predicted molar refractivity (Wildman–Crippen MR) is 101 cm³/mol. The quantitative estimate of drug-likeness (QED) is 0.709. The normalized spacial score (nSPS) is 11.8. The summed E-state index contributed by atoms with van der Waals surface area (Å²) in [5.41, 5.74) is 9.74. The van der Waals surface area contributed by atoms with Crippen LogP contribution in [-0.2, 0) is 17.6 Å². The summed E-state index contributed by atoms with van der Waals surface area (Å²) in [7, 11) is 0. The lowest BCUT2D eigenvalue weighted by molar-refractivity contribution is -0.122. The van der Waals surface area contributed by atoms with Crippen molar-refractivity contribution >= 4 is 29.4 Å². The number of fused-ring (bicyclic) bond motifs is 1. The summed E-state index contributed by atoms with van der Waals surface area (Å²) in [6.45, 7) is 2.45. The van der Waals surface area contributed by atoms with Gasteiger partial charge in [-0.25, -0.2) is 4.98 Å². The molecule has 0 aliphatic heterocycles. The van der Waals surface area contributed by atoms with E-state index in [1.165, 1.54) is 0 Å². The van der Waals surface area contributed by atoms with Crippen LogP contribution in [0, 0.1) is 6.92 Å². The Morgan fingerprint density at radius 1 is 1.20 bits per heavy atom. The summed E-state index contributed by atoms with van der Waals surface area (Å²) in [4.78, 5) is 16.5. The van der Waals surface area contributed by atoms with E-state index >= 15 is 0 Å². The number of amides is 1. The molecular weight excluding hydrogens is 338 g/mol. The van der Waals surface area contributed by atoms with Crippen molar-refractivity contribution in [2.75, 3.05) is 6.54 Å². The van der Waals surface area contributed by atoms with Crippen molar-refractivity contribution in [3.8, 4) is 0 Å². The van der Waals surface area contributed by atoms with Crippen molar-refractivity contribution in [2.45, 2.75) is 25.8 Å². The van der Waals surface area contributed by atoms with Crippen LogP contribution in [0.3, 0.4) is 0 Å². The van der Waals surface area contributed by atoms with E-state index in [1.54, 1.807) is 0 Å². The number of hydrogen-bond acceptors (Lipinski definition) is 4. The molecule has 1 atom stereocenters. The third kappa shape index (κ3) is 4.81. The molecule has 25 heavy (non-hydrogen) atoms. The van der Waals surface area contributed by atoms with Crippen LogP contribution in [0.25, 0.3) is 11.1 Å². The lowest BCUT2D eigenvalue weighted by Crippen LogP contribution is -2.42. The molecule has 5 nitrogen and oxygen atoms in total. The second kappa shape index (κ2) is 8.65. The first-order valence-corrected chi connectivity index (χ1v) is 8.06. The Morgan fingerprint density at radius 2 is 1.96 bits per heavy atom. The lowest BCUT2D eigenvalue weighted by atomic mass is 10.1. The summed E-state index contributed by atoms with van der Waals surface area (Å²) in [6.07, 6.45) is 1.06. The Bertz CT molecular complexity index is 833. The lowest BCUT2D eigenvalue weighted by Gasteiger charge is -2.11. The maximum absolute atomic E-state index is 12.1. The molecule has 0 fully saturated rings. The number of hydrogen-bond donors (Lipinski definition) is 2. The van der Waals surface area contributed by atoms with Crippen LogP contribution < -0.4 is 11.1 Å². The standard InChI is InChI=1S/C19H21N3O2.ClH/c1-13-6-5-9-16-18(13)22-17(24-16)10-11-21-19(23)15(20)12-14-7-3-2-4-8-14;/h2-9,15H,10-12,20H2,1H3,(H,21,23);1H/t15-;/m0./s1. The highest BCUT2D eigenvalue weighted by Gasteiger charge is 2.14. The molecule has 6 heteroatoms. The minimum absolute atomic E-state index is 0. The molecular formula is C19H22ClN3O2. The van der Waals surface area contributed by atoms with Gasteiger partial charge < -0.3 is 15.5 Å². The van der Waals surface area contributed by atoms with Crippen LogP contribution in [-0.4, -0.2) is 23.5 Å². The van der Waals surface area contributed by atoms with Crippen LogP contribution in [0.15, 0.2) is 52.9 Å². The molecule has 0 saturated heterocycles. The number of rotatable bonds is 6. The highest BCUT2D eigenvalue weighted by Crippen LogP contribution is 2.18. The van der Waals surface area contributed by atoms with Gasteiger partial charge in [0.25, 0.3) is 0 Å². The minimum Gasteiger partial charge on any atom is -0.441 e. The van der Waals surface area contributed by atoms with Crippen LogP contribution in [0.4, 0.5) is 0 Å². The van der Waals surface area contributed by atoms with Gasteiger partial charge in [0.1, 0.15) is 5.52 Å². The van der Waals surface area contributed by atoms with E-state index in [0.717, 1.165) is 22.2 Å². The molecule has 0 bridgehead atoms. The second-order valence-electron chi connectivity index (χ2n) is 5.87. The zero-order chi connectivity index (χ0) is 16.9. The second-order valence-corrected chi connectivity index (χ2v) is 5.87. The zero-order valence-corrected chi connectivity index (χ0v) is 14.9. The van der Waals surface area contributed by atoms with E-state index in [1.807, 2.05) is 55.5 Å². The molecule has 0 saturated carbocycles. The first kappa shape index (κ1) is 19.0. The molecule has 0 unspecified atom stereocenters. The smallest absolute Gasteiger partial charge is 0.237 e. The molecule has 3 rings (SSSR count). The van der Waals surface area contributed by atoms with Crippen LogP contribution in [0.5, 0.6) is 0 Å². The molecule has 1 aromatic heterocycles. The topological polar surface area (TPSA) is 81.2 Å². The first-order valence-electron chi connectivity index (χ1n) is 8.06. The zero-order valence-electron chi connectivity index (χ0n) is 14.1. The van der Waals surface area contributed by atoms with E-state index in [-0.39, 0.29) is 18.3 Å². The van der Waals surface area contributed by atoms with E-state index in [2.05, 4.69) is 10.3 Å². The van der Waals surface area contributed by atoms with Gasteiger partial charge in [-0.2, -0.15) is 0 Å². The minimum atomic E-state index is -0.557. The maximum Gasteiger partial charge on any atom is 0.237 e. The number of aromatic nitrogens is 1. The molecule has 0 spiro atoms. The number of nitrogens with two attached hydrogens (primary N) is 1. The molecule has 0 radical (unpaired) electrons. The van der Waals surface area contributed by atoms with E-state index < -0.39 is 6.04 Å². The Kier molecular flexibility index (Phi) is 6.56. The number of carbonyl (C=O) groups excluding carboxylic acids is 1. The number of benzene rings is 2. The van der Waals surface area contributed by atoms with Crippen molar-refractivity contribution in [1.29, 1.82) is 0 Å². The largest absolute Gasteiger partial charge is 0.441 e. The summed E-state index contributed by atoms with van der Waals surface area (Å²) >= 11 is 0. The highest BCUT2D eigenvalue weighted by atomic mass is 35.5. The monoisotopic (exact) mass is 359 g/mol. The predicted octanol–water partition coefficient (Wildman–Crippen LogP) is 2.79. The Labute approximate surface area is 153 Å². The van der Waals surface area contributed by atoms with E-state index in [0.29, 0.717) is 25.3 Å². The van der Waals surface area contributed by atoms with Crippen LogP contribution >= 0.6 is 12.4 Å². The third-order valence-corrected chi connectivity index (χ3v) is 3.94. The van der Waals surface area contributed by atoms with Crippen molar-refractivity contribution < 1.29 is 9.21 Å². The van der Waals surface area contributed by atoms with Gasteiger partial charge in [-0.3, -0.25) is 4.79 Å². The number of para-hydroxylation sites is 1. The van der Waals surface area contributed by atoms with Crippen LogP contribution in [0.1, 0.15) is 17.0 Å². The number of oxazole rings is 1. The maximum atomic E-state index is 12.1. The average Bonchev–Trinajstić information content (AvgIpc) is 3.00. The Hall–Kier alpha value is -2.37. The van der Waals surface area contributed by atoms with Gasteiger partial charge in [0.05, 0.1) is 6.04 Å². The average molecular weight is 360 g/mol. The molecule has 1 heterocycles. The first-order chi connectivity index (χ1) is 11.6. The summed E-state index contributed by atoms with van der Waals surface area (Å²) < 4.78 is 5.69. The number of nitrogens with one attached hydrogen (secondary N) is 1. The van der Waals surface area contributed by atoms with Gasteiger partial charge in [0, 0.05) is 13.0 Å². The fourth-order valence-corrected chi connectivity index (χ4v) is 2.62. The van der Waals surface area contributed by atoms with Gasteiger partial charge in [0.15, 0.2) is 11.5 Å². The highest BCUT2D eigenvalue weighted by molar-refractivity contribution is 5.85. The van der Waals surface area contributed by atoms with E-state index in [9.17, 15) is 4.79 Å².